The molecule has 0 radical (unpaired) electrons. The molecule has 1 aliphatic rings. The van der Waals surface area contributed by atoms with Gasteiger partial charge in [0.15, 0.2) is 0 Å². The molecule has 0 aromatic heterocycles. The van der Waals surface area contributed by atoms with Crippen LogP contribution >= 0.6 is 11.8 Å². The van der Waals surface area contributed by atoms with E-state index in [1.54, 1.807) is 21.6 Å². The van der Waals surface area contributed by atoms with Gasteiger partial charge in [0.05, 0.1) is 12.5 Å². The average Bonchev–Trinajstić information content (AvgIpc) is 2.36. The van der Waals surface area contributed by atoms with Gasteiger partial charge in [-0.3, -0.25) is 4.79 Å². The summed E-state index contributed by atoms with van der Waals surface area (Å²) in [6.07, 6.45) is 0.986. The van der Waals surface area contributed by atoms with Crippen LogP contribution in [-0.4, -0.2) is 64.1 Å². The van der Waals surface area contributed by atoms with Crippen molar-refractivity contribution in [2.75, 3.05) is 25.1 Å². The zero-order valence-corrected chi connectivity index (χ0v) is 13.7. The first-order chi connectivity index (χ1) is 9.32. The Morgan fingerprint density at radius 3 is 2.60 bits per heavy atom. The molecule has 5 nitrogen and oxygen atoms in total. The number of hydrogen-bond acceptors (Lipinski definition) is 3. The Balaban J connectivity index is 2.68. The van der Waals surface area contributed by atoms with E-state index in [1.807, 2.05) is 14.0 Å². The van der Waals surface area contributed by atoms with E-state index in [2.05, 4.69) is 13.8 Å². The van der Waals surface area contributed by atoms with Crippen LogP contribution in [0.15, 0.2) is 0 Å². The second-order valence-corrected chi connectivity index (χ2v) is 7.04. The van der Waals surface area contributed by atoms with E-state index < -0.39 is 5.97 Å². The fraction of sp³-hybridized carbons (Fsp3) is 0.857. The summed E-state index contributed by atoms with van der Waals surface area (Å²) in [5, 5.41) is 8.97. The van der Waals surface area contributed by atoms with Gasteiger partial charge in [-0.05, 0) is 19.3 Å². The summed E-state index contributed by atoms with van der Waals surface area (Å²) in [5.74, 6) is 1.29. The lowest BCUT2D eigenvalue weighted by Crippen LogP contribution is -2.53. The number of thioether (sulfide) groups is 1. The molecule has 0 aliphatic carbocycles. The van der Waals surface area contributed by atoms with Gasteiger partial charge in [0.2, 0.25) is 0 Å². The Kier molecular flexibility index (Phi) is 6.65. The van der Waals surface area contributed by atoms with Crippen molar-refractivity contribution in [2.45, 2.75) is 45.7 Å². The SMILES string of the molecule is CC(C)CC(C)N(C)C(=O)N1CCSCC1CC(=O)O. The highest BCUT2D eigenvalue weighted by Crippen LogP contribution is 2.21. The molecule has 2 atom stereocenters. The van der Waals surface area contributed by atoms with Gasteiger partial charge in [-0.2, -0.15) is 11.8 Å². The molecule has 1 saturated heterocycles. The molecule has 2 unspecified atom stereocenters. The predicted octanol–water partition coefficient (Wildman–Crippen LogP) is 2.36. The lowest BCUT2D eigenvalue weighted by atomic mass is 10.0. The Morgan fingerprint density at radius 1 is 1.40 bits per heavy atom. The molecule has 0 saturated carbocycles. The van der Waals surface area contributed by atoms with Crippen LogP contribution < -0.4 is 0 Å². The van der Waals surface area contributed by atoms with Crippen LogP contribution in [0.2, 0.25) is 0 Å². The number of aliphatic carboxylic acids is 1. The summed E-state index contributed by atoms with van der Waals surface area (Å²) in [7, 11) is 1.81. The van der Waals surface area contributed by atoms with Gasteiger partial charge in [-0.25, -0.2) is 4.79 Å². The number of nitrogens with zero attached hydrogens (tertiary/aromatic N) is 2. The second-order valence-electron chi connectivity index (χ2n) is 5.89. The standard InChI is InChI=1S/C14H26N2O3S/c1-10(2)7-11(3)15(4)14(19)16-5-6-20-9-12(16)8-13(17)18/h10-12H,5-9H2,1-4H3,(H,17,18). The number of hydrogen-bond donors (Lipinski definition) is 1. The van der Waals surface area contributed by atoms with Crippen molar-refractivity contribution in [3.05, 3.63) is 0 Å². The van der Waals surface area contributed by atoms with Gasteiger partial charge in [0, 0.05) is 31.1 Å². The van der Waals surface area contributed by atoms with Crippen molar-refractivity contribution in [1.82, 2.24) is 9.80 Å². The molecule has 1 N–H and O–H groups in total. The smallest absolute Gasteiger partial charge is 0.320 e. The fourth-order valence-corrected chi connectivity index (χ4v) is 3.57. The molecule has 2 amide bonds. The van der Waals surface area contributed by atoms with E-state index in [9.17, 15) is 9.59 Å². The molecule has 1 heterocycles. The zero-order chi connectivity index (χ0) is 15.3. The molecule has 0 spiro atoms. The Hall–Kier alpha value is -0.910. The monoisotopic (exact) mass is 302 g/mol. The first-order valence-electron chi connectivity index (χ1n) is 7.15. The minimum Gasteiger partial charge on any atom is -0.481 e. The number of amides is 2. The predicted molar refractivity (Wildman–Crippen MR) is 82.1 cm³/mol. The molecule has 1 aliphatic heterocycles. The molecule has 20 heavy (non-hydrogen) atoms. The summed E-state index contributed by atoms with van der Waals surface area (Å²) in [6.45, 7) is 6.96. The van der Waals surface area contributed by atoms with Gasteiger partial charge in [0.1, 0.15) is 0 Å². The van der Waals surface area contributed by atoms with Crippen molar-refractivity contribution >= 4 is 23.8 Å². The lowest BCUT2D eigenvalue weighted by Gasteiger charge is -2.39. The maximum Gasteiger partial charge on any atom is 0.320 e. The van der Waals surface area contributed by atoms with Crippen LogP contribution in [0.5, 0.6) is 0 Å². The zero-order valence-electron chi connectivity index (χ0n) is 12.8. The highest BCUT2D eigenvalue weighted by molar-refractivity contribution is 7.99. The minimum atomic E-state index is -0.840. The molecule has 6 heteroatoms. The number of carbonyl (C=O) groups excluding carboxylic acids is 1. The molecule has 0 aromatic carbocycles. The maximum absolute atomic E-state index is 12.6. The van der Waals surface area contributed by atoms with Crippen molar-refractivity contribution in [1.29, 1.82) is 0 Å². The highest BCUT2D eigenvalue weighted by Gasteiger charge is 2.31. The lowest BCUT2D eigenvalue weighted by molar-refractivity contribution is -0.138. The third-order valence-corrected chi connectivity index (χ3v) is 4.75. The first kappa shape index (κ1) is 17.1. The van der Waals surface area contributed by atoms with Crippen molar-refractivity contribution < 1.29 is 14.7 Å². The van der Waals surface area contributed by atoms with Crippen LogP contribution in [0.1, 0.15) is 33.6 Å². The van der Waals surface area contributed by atoms with Crippen LogP contribution in [-0.2, 0) is 4.79 Å². The van der Waals surface area contributed by atoms with E-state index in [0.29, 0.717) is 18.2 Å². The van der Waals surface area contributed by atoms with Gasteiger partial charge < -0.3 is 14.9 Å². The van der Waals surface area contributed by atoms with E-state index in [1.165, 1.54) is 0 Å². The summed E-state index contributed by atoms with van der Waals surface area (Å²) < 4.78 is 0. The minimum absolute atomic E-state index is 0.0329. The molecule has 1 rings (SSSR count). The van der Waals surface area contributed by atoms with Crippen molar-refractivity contribution in [2.24, 2.45) is 5.92 Å². The van der Waals surface area contributed by atoms with Crippen LogP contribution in [0.25, 0.3) is 0 Å². The number of carboxylic acids is 1. The summed E-state index contributed by atoms with van der Waals surface area (Å²) in [4.78, 5) is 27.0. The number of urea groups is 1. The molecular formula is C14H26N2O3S. The van der Waals surface area contributed by atoms with Gasteiger partial charge in [-0.1, -0.05) is 13.8 Å². The average molecular weight is 302 g/mol. The number of rotatable bonds is 5. The third-order valence-electron chi connectivity index (χ3n) is 3.66. The summed E-state index contributed by atoms with van der Waals surface area (Å²) in [6, 6.07) is -0.0558. The second kappa shape index (κ2) is 7.76. The van der Waals surface area contributed by atoms with Crippen LogP contribution in [0, 0.1) is 5.92 Å². The maximum atomic E-state index is 12.6. The van der Waals surface area contributed by atoms with Crippen molar-refractivity contribution in [3.63, 3.8) is 0 Å². The Labute approximate surface area is 125 Å². The van der Waals surface area contributed by atoms with Gasteiger partial charge in [0.25, 0.3) is 0 Å². The summed E-state index contributed by atoms with van der Waals surface area (Å²) >= 11 is 1.72. The van der Waals surface area contributed by atoms with Crippen LogP contribution in [0.3, 0.4) is 0 Å². The van der Waals surface area contributed by atoms with E-state index in [0.717, 1.165) is 12.2 Å². The number of carbonyl (C=O) groups is 2. The topological polar surface area (TPSA) is 60.9 Å². The van der Waals surface area contributed by atoms with E-state index in [-0.39, 0.29) is 24.5 Å². The largest absolute Gasteiger partial charge is 0.481 e. The number of carboxylic acid groups (broad SMARTS) is 1. The molecular weight excluding hydrogens is 276 g/mol. The van der Waals surface area contributed by atoms with Crippen molar-refractivity contribution in [3.8, 4) is 0 Å². The normalized spacial score (nSPS) is 20.9. The fourth-order valence-electron chi connectivity index (χ4n) is 2.51. The van der Waals surface area contributed by atoms with E-state index >= 15 is 0 Å². The molecule has 0 aromatic rings. The highest BCUT2D eigenvalue weighted by atomic mass is 32.2. The summed E-state index contributed by atoms with van der Waals surface area (Å²) in [5.41, 5.74) is 0. The van der Waals surface area contributed by atoms with E-state index in [4.69, 9.17) is 5.11 Å². The molecule has 116 valence electrons. The Morgan fingerprint density at radius 2 is 2.05 bits per heavy atom. The molecule has 0 bridgehead atoms. The molecule has 1 fully saturated rings. The van der Waals surface area contributed by atoms with Crippen LogP contribution in [0.4, 0.5) is 4.79 Å². The quantitative estimate of drug-likeness (QED) is 0.847. The third kappa shape index (κ3) is 4.89. The Bertz CT molecular complexity index is 349. The van der Waals surface area contributed by atoms with Gasteiger partial charge in [-0.15, -0.1) is 0 Å². The first-order valence-corrected chi connectivity index (χ1v) is 8.31. The van der Waals surface area contributed by atoms with Gasteiger partial charge >= 0.3 is 12.0 Å².